The SMILES string of the molecule is Cc1ccc(C)c(OCCN2C(=O)S/C(=C\c3cc(Br)ccc3OCc3ccc(Cl)cc3)C2=O)c1. The van der Waals surface area contributed by atoms with Crippen LogP contribution in [0, 0.1) is 13.8 Å². The van der Waals surface area contributed by atoms with Gasteiger partial charge in [-0.15, -0.1) is 0 Å². The summed E-state index contributed by atoms with van der Waals surface area (Å²) in [5.41, 5.74) is 3.76. The van der Waals surface area contributed by atoms with Crippen LogP contribution in [0.1, 0.15) is 22.3 Å². The highest BCUT2D eigenvalue weighted by molar-refractivity contribution is 9.10. The highest BCUT2D eigenvalue weighted by atomic mass is 79.9. The second-order valence-corrected chi connectivity index (χ2v) is 10.4. The fraction of sp³-hybridized carbons (Fsp3) is 0.185. The minimum Gasteiger partial charge on any atom is -0.491 e. The molecule has 0 bridgehead atoms. The van der Waals surface area contributed by atoms with Crippen molar-refractivity contribution in [3.8, 4) is 11.5 Å². The molecular formula is C27H23BrClNO4S. The molecule has 4 rings (SSSR count). The van der Waals surface area contributed by atoms with E-state index in [9.17, 15) is 9.59 Å². The zero-order chi connectivity index (χ0) is 24.9. The van der Waals surface area contributed by atoms with E-state index in [2.05, 4.69) is 15.9 Å². The molecule has 0 unspecified atom stereocenters. The molecular weight excluding hydrogens is 550 g/mol. The van der Waals surface area contributed by atoms with Gasteiger partial charge < -0.3 is 9.47 Å². The number of ether oxygens (including phenoxy) is 2. The summed E-state index contributed by atoms with van der Waals surface area (Å²) < 4.78 is 12.7. The first kappa shape index (κ1) is 25.4. The first-order chi connectivity index (χ1) is 16.8. The maximum Gasteiger partial charge on any atom is 0.293 e. The number of aryl methyl sites for hydroxylation is 2. The number of imide groups is 1. The summed E-state index contributed by atoms with van der Waals surface area (Å²) in [5.74, 6) is 1.02. The van der Waals surface area contributed by atoms with Crippen molar-refractivity contribution < 1.29 is 19.1 Å². The maximum absolute atomic E-state index is 13.0. The number of hydrogen-bond acceptors (Lipinski definition) is 5. The lowest BCUT2D eigenvalue weighted by Crippen LogP contribution is -2.32. The van der Waals surface area contributed by atoms with Gasteiger partial charge in [-0.25, -0.2) is 0 Å². The summed E-state index contributed by atoms with van der Waals surface area (Å²) in [6.07, 6.45) is 1.69. The van der Waals surface area contributed by atoms with Crippen molar-refractivity contribution in [3.63, 3.8) is 0 Å². The molecule has 0 N–H and O–H groups in total. The lowest BCUT2D eigenvalue weighted by molar-refractivity contribution is -0.123. The van der Waals surface area contributed by atoms with E-state index in [0.717, 1.165) is 38.7 Å². The zero-order valence-corrected chi connectivity index (χ0v) is 22.4. The van der Waals surface area contributed by atoms with Crippen LogP contribution in [0.2, 0.25) is 5.02 Å². The molecule has 0 aromatic heterocycles. The van der Waals surface area contributed by atoms with Crippen LogP contribution in [-0.4, -0.2) is 29.2 Å². The Morgan fingerprint density at radius 1 is 0.971 bits per heavy atom. The molecule has 2 amide bonds. The molecule has 1 aliphatic rings. The summed E-state index contributed by atoms with van der Waals surface area (Å²) >= 11 is 10.3. The Kier molecular flexibility index (Phi) is 8.21. The van der Waals surface area contributed by atoms with Gasteiger partial charge in [-0.3, -0.25) is 14.5 Å². The van der Waals surface area contributed by atoms with Gasteiger partial charge in [0.2, 0.25) is 0 Å². The smallest absolute Gasteiger partial charge is 0.293 e. The predicted molar refractivity (Wildman–Crippen MR) is 144 cm³/mol. The molecule has 0 spiro atoms. The molecule has 3 aromatic carbocycles. The standard InChI is InChI=1S/C27H23BrClNO4S/c1-17-3-4-18(2)24(13-17)33-12-11-30-26(31)25(35-27(30)32)15-20-14-21(28)7-10-23(20)34-16-19-5-8-22(29)9-6-19/h3-10,13-15H,11-12,16H2,1-2H3/b25-15-. The Morgan fingerprint density at radius 2 is 1.74 bits per heavy atom. The second-order valence-electron chi connectivity index (χ2n) is 8.05. The molecule has 0 radical (unpaired) electrons. The van der Waals surface area contributed by atoms with Gasteiger partial charge in [-0.05, 0) is 84.8 Å². The van der Waals surface area contributed by atoms with E-state index < -0.39 is 0 Å². The summed E-state index contributed by atoms with van der Waals surface area (Å²) in [7, 11) is 0. The predicted octanol–water partition coefficient (Wildman–Crippen LogP) is 7.41. The third-order valence-electron chi connectivity index (χ3n) is 5.36. The minimum absolute atomic E-state index is 0.174. The highest BCUT2D eigenvalue weighted by Crippen LogP contribution is 2.35. The van der Waals surface area contributed by atoms with Gasteiger partial charge in [0, 0.05) is 15.1 Å². The molecule has 1 fully saturated rings. The molecule has 0 aliphatic carbocycles. The number of thioether (sulfide) groups is 1. The van der Waals surface area contributed by atoms with Crippen LogP contribution in [0.3, 0.4) is 0 Å². The summed E-state index contributed by atoms with van der Waals surface area (Å²) in [5, 5.41) is 0.345. The van der Waals surface area contributed by atoms with E-state index in [1.807, 2.05) is 74.5 Å². The Morgan fingerprint density at radius 3 is 2.51 bits per heavy atom. The molecule has 8 heteroatoms. The Bertz CT molecular complexity index is 1290. The molecule has 0 saturated carbocycles. The van der Waals surface area contributed by atoms with Crippen LogP contribution in [-0.2, 0) is 11.4 Å². The first-order valence-electron chi connectivity index (χ1n) is 10.9. The largest absolute Gasteiger partial charge is 0.491 e. The van der Waals surface area contributed by atoms with E-state index in [-0.39, 0.29) is 24.3 Å². The number of halogens is 2. The van der Waals surface area contributed by atoms with Crippen LogP contribution in [0.5, 0.6) is 11.5 Å². The van der Waals surface area contributed by atoms with Crippen molar-refractivity contribution in [2.75, 3.05) is 13.2 Å². The number of carbonyl (C=O) groups excluding carboxylic acids is 2. The number of nitrogens with zero attached hydrogens (tertiary/aromatic N) is 1. The third kappa shape index (κ3) is 6.48. The van der Waals surface area contributed by atoms with Gasteiger partial charge in [-0.2, -0.15) is 0 Å². The normalized spacial score (nSPS) is 14.6. The fourth-order valence-corrected chi connectivity index (χ4v) is 4.81. The number of amides is 2. The molecule has 35 heavy (non-hydrogen) atoms. The van der Waals surface area contributed by atoms with E-state index in [4.69, 9.17) is 21.1 Å². The topological polar surface area (TPSA) is 55.8 Å². The maximum atomic E-state index is 13.0. The Hall–Kier alpha value is -2.74. The van der Waals surface area contributed by atoms with E-state index in [0.29, 0.717) is 27.8 Å². The molecule has 3 aromatic rings. The van der Waals surface area contributed by atoms with E-state index in [1.54, 1.807) is 6.08 Å². The molecule has 1 heterocycles. The number of hydrogen-bond donors (Lipinski definition) is 0. The van der Waals surface area contributed by atoms with Crippen molar-refractivity contribution in [1.82, 2.24) is 4.90 Å². The van der Waals surface area contributed by atoms with Gasteiger partial charge in [0.15, 0.2) is 0 Å². The van der Waals surface area contributed by atoms with Crippen molar-refractivity contribution in [2.45, 2.75) is 20.5 Å². The van der Waals surface area contributed by atoms with Crippen molar-refractivity contribution in [1.29, 1.82) is 0 Å². The minimum atomic E-state index is -0.340. The summed E-state index contributed by atoms with van der Waals surface area (Å²) in [6.45, 7) is 4.69. The lowest BCUT2D eigenvalue weighted by Gasteiger charge is -2.14. The van der Waals surface area contributed by atoms with E-state index in [1.165, 1.54) is 4.90 Å². The van der Waals surface area contributed by atoms with Gasteiger partial charge >= 0.3 is 0 Å². The third-order valence-corrected chi connectivity index (χ3v) is 7.01. The quantitative estimate of drug-likeness (QED) is 0.263. The molecule has 5 nitrogen and oxygen atoms in total. The van der Waals surface area contributed by atoms with Crippen molar-refractivity contribution >= 4 is 56.5 Å². The van der Waals surface area contributed by atoms with Crippen molar-refractivity contribution in [2.24, 2.45) is 0 Å². The Balaban J connectivity index is 1.45. The number of benzene rings is 3. The van der Waals surface area contributed by atoms with Crippen molar-refractivity contribution in [3.05, 3.63) is 97.3 Å². The average molecular weight is 573 g/mol. The van der Waals surface area contributed by atoms with Crippen LogP contribution >= 0.6 is 39.3 Å². The first-order valence-corrected chi connectivity index (χ1v) is 12.9. The lowest BCUT2D eigenvalue weighted by atomic mass is 10.1. The molecule has 1 aliphatic heterocycles. The fourth-order valence-electron chi connectivity index (χ4n) is 3.45. The van der Waals surface area contributed by atoms with Gasteiger partial charge in [-0.1, -0.05) is 51.8 Å². The zero-order valence-electron chi connectivity index (χ0n) is 19.2. The molecule has 180 valence electrons. The van der Waals surface area contributed by atoms with Gasteiger partial charge in [0.1, 0.15) is 24.7 Å². The molecule has 1 saturated heterocycles. The van der Waals surface area contributed by atoms with Crippen LogP contribution < -0.4 is 9.47 Å². The van der Waals surface area contributed by atoms with Crippen LogP contribution in [0.25, 0.3) is 6.08 Å². The Labute approximate surface area is 222 Å². The monoisotopic (exact) mass is 571 g/mol. The van der Waals surface area contributed by atoms with E-state index >= 15 is 0 Å². The summed E-state index contributed by atoms with van der Waals surface area (Å²) in [6, 6.07) is 18.9. The highest BCUT2D eigenvalue weighted by Gasteiger charge is 2.35. The van der Waals surface area contributed by atoms with Crippen LogP contribution in [0.4, 0.5) is 4.79 Å². The van der Waals surface area contributed by atoms with Gasteiger partial charge in [0.05, 0.1) is 11.4 Å². The van der Waals surface area contributed by atoms with Crippen LogP contribution in [0.15, 0.2) is 70.0 Å². The molecule has 0 atom stereocenters. The second kappa shape index (κ2) is 11.3. The summed E-state index contributed by atoms with van der Waals surface area (Å²) in [4.78, 5) is 27.1. The average Bonchev–Trinajstić information content (AvgIpc) is 3.09. The van der Waals surface area contributed by atoms with Gasteiger partial charge in [0.25, 0.3) is 11.1 Å². The number of rotatable bonds is 8. The number of carbonyl (C=O) groups is 2.